The highest BCUT2D eigenvalue weighted by atomic mass is 32.2. The number of rotatable bonds is 9. The van der Waals surface area contributed by atoms with Crippen molar-refractivity contribution in [3.8, 4) is 5.75 Å². The molecule has 0 aliphatic heterocycles. The molecule has 32 heavy (non-hydrogen) atoms. The molecule has 0 fully saturated rings. The van der Waals surface area contributed by atoms with E-state index in [1.807, 2.05) is 61.5 Å². The Balaban J connectivity index is 1.64. The van der Waals surface area contributed by atoms with Gasteiger partial charge in [0.2, 0.25) is 10.0 Å². The predicted octanol–water partition coefficient (Wildman–Crippen LogP) is 3.67. The first kappa shape index (κ1) is 23.5. The van der Waals surface area contributed by atoms with Gasteiger partial charge in [-0.15, -0.1) is 0 Å². The molecule has 168 valence electrons. The Bertz CT molecular complexity index is 1150. The maximum Gasteiger partial charge on any atom is 0.258 e. The number of amides is 1. The van der Waals surface area contributed by atoms with Gasteiger partial charge in [0.25, 0.3) is 5.91 Å². The first-order chi connectivity index (χ1) is 15.2. The summed E-state index contributed by atoms with van der Waals surface area (Å²) in [5.41, 5.74) is 3.96. The summed E-state index contributed by atoms with van der Waals surface area (Å²) in [5, 5.41) is 3.08. The van der Waals surface area contributed by atoms with E-state index in [0.29, 0.717) is 5.75 Å². The Hall–Kier alpha value is -3.16. The van der Waals surface area contributed by atoms with Crippen molar-refractivity contribution in [3.63, 3.8) is 0 Å². The zero-order valence-electron chi connectivity index (χ0n) is 18.5. The lowest BCUT2D eigenvalue weighted by Crippen LogP contribution is -2.33. The fourth-order valence-electron chi connectivity index (χ4n) is 3.31. The zero-order valence-corrected chi connectivity index (χ0v) is 19.3. The number of nitrogens with zero attached hydrogens (tertiary/aromatic N) is 1. The number of ether oxygens (including phenoxy) is 1. The average Bonchev–Trinajstić information content (AvgIpc) is 2.77. The highest BCUT2D eigenvalue weighted by Gasteiger charge is 2.18. The van der Waals surface area contributed by atoms with Crippen molar-refractivity contribution in [3.05, 3.63) is 101 Å². The van der Waals surface area contributed by atoms with Crippen LogP contribution in [0.2, 0.25) is 0 Å². The summed E-state index contributed by atoms with van der Waals surface area (Å²) in [6.45, 7) is 2.17. The van der Waals surface area contributed by atoms with Crippen LogP contribution in [0.25, 0.3) is 0 Å². The van der Waals surface area contributed by atoms with Crippen LogP contribution >= 0.6 is 0 Å². The number of hydrogen-bond acceptors (Lipinski definition) is 4. The molecule has 3 rings (SSSR count). The van der Waals surface area contributed by atoms with Gasteiger partial charge in [0.05, 0.1) is 12.3 Å². The zero-order chi connectivity index (χ0) is 23.1. The highest BCUT2D eigenvalue weighted by Crippen LogP contribution is 2.25. The first-order valence-corrected chi connectivity index (χ1v) is 12.1. The van der Waals surface area contributed by atoms with Crippen molar-refractivity contribution in [2.24, 2.45) is 0 Å². The van der Waals surface area contributed by atoms with Gasteiger partial charge in [-0.1, -0.05) is 66.7 Å². The van der Waals surface area contributed by atoms with Gasteiger partial charge < -0.3 is 10.1 Å². The summed E-state index contributed by atoms with van der Waals surface area (Å²) < 4.78 is 30.0. The Labute approximate surface area is 189 Å². The fourth-order valence-corrected chi connectivity index (χ4v) is 3.70. The third-order valence-electron chi connectivity index (χ3n) is 5.20. The second kappa shape index (κ2) is 10.4. The molecule has 1 amide bonds. The molecule has 0 spiro atoms. The molecule has 0 unspecified atom stereocenters. The summed E-state index contributed by atoms with van der Waals surface area (Å²) in [5.74, 6) is 0.307. The van der Waals surface area contributed by atoms with E-state index in [9.17, 15) is 13.2 Å². The molecule has 0 aromatic heterocycles. The first-order valence-electron chi connectivity index (χ1n) is 10.3. The van der Waals surface area contributed by atoms with Gasteiger partial charge in [0.1, 0.15) is 5.75 Å². The predicted molar refractivity (Wildman–Crippen MR) is 126 cm³/mol. The van der Waals surface area contributed by atoms with Crippen molar-refractivity contribution in [1.29, 1.82) is 0 Å². The summed E-state index contributed by atoms with van der Waals surface area (Å²) in [6, 6.07) is 24.6. The smallest absolute Gasteiger partial charge is 0.258 e. The molecule has 0 radical (unpaired) electrons. The molecule has 1 atom stereocenters. The van der Waals surface area contributed by atoms with Crippen molar-refractivity contribution in [1.82, 2.24) is 9.62 Å². The summed E-state index contributed by atoms with van der Waals surface area (Å²) >= 11 is 0. The third-order valence-corrected chi connectivity index (χ3v) is 6.46. The molecule has 7 heteroatoms. The van der Waals surface area contributed by atoms with Gasteiger partial charge in [0.15, 0.2) is 6.61 Å². The Kier molecular flexibility index (Phi) is 7.66. The molecule has 0 aliphatic carbocycles. The lowest BCUT2D eigenvalue weighted by molar-refractivity contribution is -0.123. The van der Waals surface area contributed by atoms with E-state index >= 15 is 0 Å². The molecule has 3 aromatic rings. The van der Waals surface area contributed by atoms with Crippen molar-refractivity contribution in [2.45, 2.75) is 19.5 Å². The second-order valence-electron chi connectivity index (χ2n) is 7.72. The minimum atomic E-state index is -3.24. The number of aryl methyl sites for hydroxylation is 1. The molecule has 0 bridgehead atoms. The van der Waals surface area contributed by atoms with Gasteiger partial charge in [-0.05, 0) is 41.3 Å². The lowest BCUT2D eigenvalue weighted by atomic mass is 9.95. The normalized spacial score (nSPS) is 12.4. The lowest BCUT2D eigenvalue weighted by Gasteiger charge is -2.22. The maximum atomic E-state index is 12.7. The second-order valence-corrected chi connectivity index (χ2v) is 9.81. The van der Waals surface area contributed by atoms with E-state index in [1.165, 1.54) is 17.6 Å². The Morgan fingerprint density at radius 1 is 0.969 bits per heavy atom. The van der Waals surface area contributed by atoms with Crippen LogP contribution in [0.15, 0.2) is 78.9 Å². The molecule has 0 saturated carbocycles. The maximum absolute atomic E-state index is 12.7. The van der Waals surface area contributed by atoms with Crippen LogP contribution in [-0.4, -0.2) is 38.5 Å². The topological polar surface area (TPSA) is 75.7 Å². The van der Waals surface area contributed by atoms with Crippen molar-refractivity contribution >= 4 is 15.9 Å². The van der Waals surface area contributed by atoms with Gasteiger partial charge in [0, 0.05) is 13.6 Å². The number of hydrogen-bond donors (Lipinski definition) is 1. The Morgan fingerprint density at radius 2 is 1.59 bits per heavy atom. The number of nitrogens with one attached hydrogen (secondary N) is 1. The van der Waals surface area contributed by atoms with E-state index in [2.05, 4.69) is 5.32 Å². The van der Waals surface area contributed by atoms with Crippen LogP contribution in [-0.2, 0) is 21.4 Å². The molecule has 3 aromatic carbocycles. The minimum absolute atomic E-state index is 0.127. The number of carbonyl (C=O) groups is 1. The quantitative estimate of drug-likeness (QED) is 0.538. The van der Waals surface area contributed by atoms with Gasteiger partial charge in [-0.2, -0.15) is 0 Å². The van der Waals surface area contributed by atoms with Crippen molar-refractivity contribution in [2.75, 3.05) is 19.9 Å². The SMILES string of the molecule is Cc1ccccc1[C@H](NC(=O)COc1ccc(CN(C)S(C)(=O)=O)cc1)c1ccccc1. The van der Waals surface area contributed by atoms with Gasteiger partial charge in [-0.25, -0.2) is 12.7 Å². The molecule has 0 aliphatic rings. The molecular weight excluding hydrogens is 424 g/mol. The van der Waals surface area contributed by atoms with Crippen LogP contribution in [0.4, 0.5) is 0 Å². The van der Waals surface area contributed by atoms with E-state index in [4.69, 9.17) is 4.74 Å². The number of carbonyl (C=O) groups excluding carboxylic acids is 1. The third kappa shape index (κ3) is 6.42. The van der Waals surface area contributed by atoms with Crippen LogP contribution in [0, 0.1) is 6.92 Å². The number of sulfonamides is 1. The van der Waals surface area contributed by atoms with Crippen LogP contribution in [0.5, 0.6) is 5.75 Å². The Morgan fingerprint density at radius 3 is 2.22 bits per heavy atom. The summed E-state index contributed by atoms with van der Waals surface area (Å²) in [7, 11) is -1.71. The number of benzene rings is 3. The highest BCUT2D eigenvalue weighted by molar-refractivity contribution is 7.88. The fraction of sp³-hybridized carbons (Fsp3) is 0.240. The van der Waals surface area contributed by atoms with Crippen LogP contribution < -0.4 is 10.1 Å². The molecule has 0 heterocycles. The molecular formula is C25H28N2O4S. The van der Waals surface area contributed by atoms with Gasteiger partial charge >= 0.3 is 0 Å². The van der Waals surface area contributed by atoms with E-state index < -0.39 is 10.0 Å². The average molecular weight is 453 g/mol. The summed E-state index contributed by atoms with van der Waals surface area (Å²) in [4.78, 5) is 12.7. The van der Waals surface area contributed by atoms with E-state index in [-0.39, 0.29) is 25.1 Å². The standard InChI is InChI=1S/C25H28N2O4S/c1-19-9-7-8-12-23(19)25(21-10-5-4-6-11-21)26-24(28)18-31-22-15-13-20(14-16-22)17-27(2)32(3,29)30/h4-16,25H,17-18H2,1-3H3,(H,26,28)/t25-/m1/s1. The van der Waals surface area contributed by atoms with E-state index in [1.54, 1.807) is 24.3 Å². The van der Waals surface area contributed by atoms with E-state index in [0.717, 1.165) is 22.3 Å². The molecule has 1 N–H and O–H groups in total. The van der Waals surface area contributed by atoms with Crippen LogP contribution in [0.1, 0.15) is 28.3 Å². The monoisotopic (exact) mass is 452 g/mol. The van der Waals surface area contributed by atoms with Gasteiger partial charge in [-0.3, -0.25) is 4.79 Å². The van der Waals surface area contributed by atoms with Crippen LogP contribution in [0.3, 0.4) is 0 Å². The largest absolute Gasteiger partial charge is 0.484 e. The summed E-state index contributed by atoms with van der Waals surface area (Å²) in [6.07, 6.45) is 1.17. The minimum Gasteiger partial charge on any atom is -0.484 e. The van der Waals surface area contributed by atoms with Crippen molar-refractivity contribution < 1.29 is 17.9 Å². The molecule has 6 nitrogen and oxygen atoms in total. The molecule has 0 saturated heterocycles.